The molecule has 0 aliphatic carbocycles. The van der Waals surface area contributed by atoms with E-state index in [-0.39, 0.29) is 41.4 Å². The first-order valence-corrected chi connectivity index (χ1v) is 9.82. The average Bonchev–Trinajstić information content (AvgIpc) is 3.15. The van der Waals surface area contributed by atoms with Crippen LogP contribution in [0.25, 0.3) is 0 Å². The predicted octanol–water partition coefficient (Wildman–Crippen LogP) is 3.32. The van der Waals surface area contributed by atoms with Crippen molar-refractivity contribution in [2.45, 2.75) is 44.9 Å². The number of benzene rings is 1. The minimum Gasteiger partial charge on any atom is -0.396 e. The lowest BCUT2D eigenvalue weighted by atomic mass is 9.76. The maximum absolute atomic E-state index is 9.39. The fourth-order valence-corrected chi connectivity index (χ4v) is 3.86. The summed E-state index contributed by atoms with van der Waals surface area (Å²) in [4.78, 5) is 4.40. The minimum absolute atomic E-state index is 0. The van der Waals surface area contributed by atoms with Crippen molar-refractivity contribution in [1.29, 1.82) is 0 Å². The van der Waals surface area contributed by atoms with E-state index in [0.717, 1.165) is 51.3 Å². The van der Waals surface area contributed by atoms with Gasteiger partial charge in [0.15, 0.2) is 5.96 Å². The molecule has 1 heterocycles. The Balaban J connectivity index is 0.00000364. The molecule has 6 heteroatoms. The number of halogens is 1. The SMILES string of the molecule is CCC(CC)(CNC(=NC)NCC1(CCO)CCOC1)c1ccccc1.I. The summed E-state index contributed by atoms with van der Waals surface area (Å²) in [5, 5.41) is 16.4. The van der Waals surface area contributed by atoms with E-state index < -0.39 is 0 Å². The Kier molecular flexibility index (Phi) is 10.6. The van der Waals surface area contributed by atoms with Crippen molar-refractivity contribution in [3.8, 4) is 0 Å². The van der Waals surface area contributed by atoms with Gasteiger partial charge in [-0.25, -0.2) is 0 Å². The van der Waals surface area contributed by atoms with Crippen LogP contribution in [-0.2, 0) is 10.2 Å². The van der Waals surface area contributed by atoms with E-state index in [1.165, 1.54) is 5.56 Å². The van der Waals surface area contributed by atoms with Gasteiger partial charge in [-0.05, 0) is 31.2 Å². The van der Waals surface area contributed by atoms with Crippen LogP contribution in [0.5, 0.6) is 0 Å². The first-order chi connectivity index (χ1) is 12.6. The Morgan fingerprint density at radius 1 is 1.22 bits per heavy atom. The van der Waals surface area contributed by atoms with E-state index in [1.807, 2.05) is 0 Å². The number of rotatable bonds is 9. The number of aliphatic hydroxyl groups is 1. The van der Waals surface area contributed by atoms with Crippen LogP contribution in [0.4, 0.5) is 0 Å². The summed E-state index contributed by atoms with van der Waals surface area (Å²) >= 11 is 0. The molecule has 1 aromatic carbocycles. The van der Waals surface area contributed by atoms with Crippen molar-refractivity contribution >= 4 is 29.9 Å². The third-order valence-corrected chi connectivity index (χ3v) is 6.02. The first kappa shape index (κ1) is 24.2. The summed E-state index contributed by atoms with van der Waals surface area (Å²) in [7, 11) is 1.81. The van der Waals surface area contributed by atoms with E-state index in [1.54, 1.807) is 7.05 Å². The molecule has 3 N–H and O–H groups in total. The lowest BCUT2D eigenvalue weighted by molar-refractivity contribution is 0.127. The van der Waals surface area contributed by atoms with E-state index in [9.17, 15) is 5.11 Å². The maximum Gasteiger partial charge on any atom is 0.191 e. The maximum atomic E-state index is 9.39. The van der Waals surface area contributed by atoms with Crippen molar-refractivity contribution < 1.29 is 9.84 Å². The molecule has 0 aromatic heterocycles. The normalized spacial score (nSPS) is 20.2. The Labute approximate surface area is 181 Å². The lowest BCUT2D eigenvalue weighted by Gasteiger charge is -2.34. The van der Waals surface area contributed by atoms with Gasteiger partial charge in [0.05, 0.1) is 6.61 Å². The van der Waals surface area contributed by atoms with Gasteiger partial charge in [0.1, 0.15) is 0 Å². The second-order valence-electron chi connectivity index (χ2n) is 7.41. The highest BCUT2D eigenvalue weighted by Gasteiger charge is 2.35. The molecule has 27 heavy (non-hydrogen) atoms. The zero-order chi connectivity index (χ0) is 18.9. The Morgan fingerprint density at radius 2 is 1.93 bits per heavy atom. The summed E-state index contributed by atoms with van der Waals surface area (Å²) in [6.45, 7) is 7.78. The van der Waals surface area contributed by atoms with E-state index in [2.05, 4.69) is 59.8 Å². The van der Waals surface area contributed by atoms with Gasteiger partial charge in [0.2, 0.25) is 0 Å². The van der Waals surface area contributed by atoms with Gasteiger partial charge < -0.3 is 20.5 Å². The molecule has 1 saturated heterocycles. The molecule has 0 spiro atoms. The molecule has 1 aliphatic rings. The van der Waals surface area contributed by atoms with Crippen LogP contribution in [-0.4, -0.2) is 51.0 Å². The molecular weight excluding hydrogens is 453 g/mol. The van der Waals surface area contributed by atoms with Crippen LogP contribution in [0.2, 0.25) is 0 Å². The monoisotopic (exact) mass is 489 g/mol. The third kappa shape index (κ3) is 6.32. The van der Waals surface area contributed by atoms with Crippen LogP contribution < -0.4 is 10.6 Å². The highest BCUT2D eigenvalue weighted by molar-refractivity contribution is 14.0. The van der Waals surface area contributed by atoms with E-state index in [4.69, 9.17) is 4.74 Å². The predicted molar refractivity (Wildman–Crippen MR) is 123 cm³/mol. The highest BCUT2D eigenvalue weighted by atomic mass is 127. The van der Waals surface area contributed by atoms with E-state index >= 15 is 0 Å². The molecule has 0 amide bonds. The number of nitrogens with zero attached hydrogens (tertiary/aromatic N) is 1. The molecule has 0 bridgehead atoms. The highest BCUT2D eigenvalue weighted by Crippen LogP contribution is 2.32. The van der Waals surface area contributed by atoms with Crippen molar-refractivity contribution in [2.75, 3.05) is 40.0 Å². The van der Waals surface area contributed by atoms with Crippen LogP contribution in [0.15, 0.2) is 35.3 Å². The lowest BCUT2D eigenvalue weighted by Crippen LogP contribution is -2.48. The largest absolute Gasteiger partial charge is 0.396 e. The molecule has 1 aromatic rings. The number of aliphatic imine (C=N–C) groups is 1. The second-order valence-corrected chi connectivity index (χ2v) is 7.41. The number of nitrogens with one attached hydrogen (secondary N) is 2. The van der Waals surface area contributed by atoms with Gasteiger partial charge in [0.25, 0.3) is 0 Å². The summed E-state index contributed by atoms with van der Waals surface area (Å²) in [5.74, 6) is 0.816. The fraction of sp³-hybridized carbons (Fsp3) is 0.667. The van der Waals surface area contributed by atoms with Gasteiger partial charge in [0, 0.05) is 44.2 Å². The topological polar surface area (TPSA) is 65.9 Å². The number of guanidine groups is 1. The number of hydrogen-bond donors (Lipinski definition) is 3. The first-order valence-electron chi connectivity index (χ1n) is 9.82. The van der Waals surface area contributed by atoms with Crippen LogP contribution >= 0.6 is 24.0 Å². The van der Waals surface area contributed by atoms with Gasteiger partial charge in [-0.2, -0.15) is 0 Å². The second kappa shape index (κ2) is 11.9. The van der Waals surface area contributed by atoms with Crippen molar-refractivity contribution in [1.82, 2.24) is 10.6 Å². The summed E-state index contributed by atoms with van der Waals surface area (Å²) in [6.07, 6.45) is 3.88. The quantitative estimate of drug-likeness (QED) is 0.283. The molecular formula is C21H36IN3O2. The molecule has 1 atom stereocenters. The Morgan fingerprint density at radius 3 is 2.44 bits per heavy atom. The molecule has 154 valence electrons. The number of ether oxygens (including phenoxy) is 1. The van der Waals surface area contributed by atoms with Crippen LogP contribution in [0.1, 0.15) is 45.1 Å². The summed E-state index contributed by atoms with van der Waals surface area (Å²) in [6, 6.07) is 10.7. The zero-order valence-corrected chi connectivity index (χ0v) is 19.3. The average molecular weight is 489 g/mol. The minimum atomic E-state index is 0. The van der Waals surface area contributed by atoms with Crippen molar-refractivity contribution in [2.24, 2.45) is 10.4 Å². The van der Waals surface area contributed by atoms with Gasteiger partial charge in [-0.15, -0.1) is 24.0 Å². The molecule has 1 unspecified atom stereocenters. The molecule has 5 nitrogen and oxygen atoms in total. The number of hydrogen-bond acceptors (Lipinski definition) is 3. The van der Waals surface area contributed by atoms with Crippen LogP contribution in [0.3, 0.4) is 0 Å². The molecule has 2 rings (SSSR count). The standard InChI is InChI=1S/C21H35N3O2.HI/c1-4-21(5-2,18-9-7-6-8-10-18)16-24-19(22-3)23-15-20(11-13-25)12-14-26-17-20;/h6-10,25H,4-5,11-17H2,1-3H3,(H2,22,23,24);1H. The molecule has 0 saturated carbocycles. The van der Waals surface area contributed by atoms with Crippen LogP contribution in [0, 0.1) is 5.41 Å². The summed E-state index contributed by atoms with van der Waals surface area (Å²) in [5.41, 5.74) is 1.48. The third-order valence-electron chi connectivity index (χ3n) is 6.02. The van der Waals surface area contributed by atoms with Gasteiger partial charge in [-0.3, -0.25) is 4.99 Å². The smallest absolute Gasteiger partial charge is 0.191 e. The van der Waals surface area contributed by atoms with Crippen molar-refractivity contribution in [3.63, 3.8) is 0 Å². The zero-order valence-electron chi connectivity index (χ0n) is 17.0. The summed E-state index contributed by atoms with van der Waals surface area (Å²) < 4.78 is 5.57. The number of aliphatic hydroxyl groups excluding tert-OH is 1. The Hall–Kier alpha value is -0.860. The molecule has 1 aliphatic heterocycles. The van der Waals surface area contributed by atoms with Gasteiger partial charge >= 0.3 is 0 Å². The Bertz CT molecular complexity index is 556. The fourth-order valence-electron chi connectivity index (χ4n) is 3.86. The molecule has 1 fully saturated rings. The van der Waals surface area contributed by atoms with E-state index in [0.29, 0.717) is 6.61 Å². The van der Waals surface area contributed by atoms with Crippen molar-refractivity contribution in [3.05, 3.63) is 35.9 Å². The molecule has 0 radical (unpaired) electrons. The van der Waals surface area contributed by atoms with Gasteiger partial charge in [-0.1, -0.05) is 44.2 Å².